The maximum Gasteiger partial charge on any atom is 0.317 e. The van der Waals surface area contributed by atoms with Gasteiger partial charge in [0.15, 0.2) is 0 Å². The van der Waals surface area contributed by atoms with Gasteiger partial charge >= 0.3 is 6.03 Å². The lowest BCUT2D eigenvalue weighted by molar-refractivity contribution is 0.197. The molecular weight excluding hydrogens is 188 g/mol. The van der Waals surface area contributed by atoms with Crippen molar-refractivity contribution in [1.29, 1.82) is 0 Å². The molecule has 1 aliphatic heterocycles. The number of aliphatic hydroxyl groups excluding tert-OH is 1. The van der Waals surface area contributed by atoms with E-state index in [1.54, 1.807) is 0 Å². The van der Waals surface area contributed by atoms with Crippen molar-refractivity contribution >= 4 is 17.8 Å². The van der Waals surface area contributed by atoms with Gasteiger partial charge in [-0.05, 0) is 12.2 Å². The predicted molar refractivity (Wildman–Crippen MR) is 54.0 cm³/mol. The Bertz CT molecular complexity index is 158. The first kappa shape index (κ1) is 10.7. The molecule has 0 aliphatic carbocycles. The summed E-state index contributed by atoms with van der Waals surface area (Å²) in [6, 6.07) is -0.0449. The number of hydrogen-bond donors (Lipinski definition) is 2. The first-order valence-electron chi connectivity index (χ1n) is 4.56. The maximum atomic E-state index is 11.4. The number of aliphatic hydroxyl groups is 1. The van der Waals surface area contributed by atoms with Gasteiger partial charge in [-0.25, -0.2) is 4.79 Å². The van der Waals surface area contributed by atoms with Crippen molar-refractivity contribution in [2.75, 3.05) is 37.7 Å². The van der Waals surface area contributed by atoms with E-state index in [0.717, 1.165) is 31.0 Å². The number of urea groups is 1. The predicted octanol–water partition coefficient (Wildman–Crippen LogP) is 0.127. The molecular formula is C8H16N2O2S. The number of thioether (sulfide) groups is 1. The highest BCUT2D eigenvalue weighted by atomic mass is 32.2. The quantitative estimate of drug-likeness (QED) is 0.672. The molecule has 2 N–H and O–H groups in total. The molecule has 4 nitrogen and oxygen atoms in total. The van der Waals surface area contributed by atoms with Crippen LogP contribution >= 0.6 is 11.8 Å². The molecule has 76 valence electrons. The third-order valence-electron chi connectivity index (χ3n) is 1.90. The number of rotatable bonds is 2. The summed E-state index contributed by atoms with van der Waals surface area (Å²) < 4.78 is 0. The van der Waals surface area contributed by atoms with Crippen molar-refractivity contribution in [1.82, 2.24) is 10.2 Å². The molecule has 1 aliphatic rings. The topological polar surface area (TPSA) is 52.6 Å². The second kappa shape index (κ2) is 6.10. The van der Waals surface area contributed by atoms with Crippen molar-refractivity contribution in [3.8, 4) is 0 Å². The van der Waals surface area contributed by atoms with Crippen LogP contribution in [0.2, 0.25) is 0 Å². The lowest BCUT2D eigenvalue weighted by Crippen LogP contribution is -2.42. The number of nitrogens with zero attached hydrogens (tertiary/aromatic N) is 1. The van der Waals surface area contributed by atoms with Gasteiger partial charge in [-0.3, -0.25) is 0 Å². The average molecular weight is 204 g/mol. The fourth-order valence-electron chi connectivity index (χ4n) is 1.22. The van der Waals surface area contributed by atoms with Crippen LogP contribution in [0, 0.1) is 0 Å². The Balaban J connectivity index is 2.26. The van der Waals surface area contributed by atoms with Crippen LogP contribution < -0.4 is 5.32 Å². The Morgan fingerprint density at radius 1 is 1.46 bits per heavy atom. The Labute approximate surface area is 82.7 Å². The number of amides is 2. The third kappa shape index (κ3) is 3.87. The molecule has 0 bridgehead atoms. The Morgan fingerprint density at radius 2 is 2.31 bits per heavy atom. The van der Waals surface area contributed by atoms with Crippen LogP contribution in [0.15, 0.2) is 0 Å². The highest BCUT2D eigenvalue weighted by Crippen LogP contribution is 2.09. The minimum Gasteiger partial charge on any atom is -0.395 e. The molecule has 0 unspecified atom stereocenters. The molecule has 5 heteroatoms. The van der Waals surface area contributed by atoms with Gasteiger partial charge in [0.2, 0.25) is 0 Å². The molecule has 0 saturated carbocycles. The van der Waals surface area contributed by atoms with Crippen LogP contribution in [0.3, 0.4) is 0 Å². The van der Waals surface area contributed by atoms with Crippen LogP contribution in [0.5, 0.6) is 0 Å². The number of hydrogen-bond acceptors (Lipinski definition) is 3. The fraction of sp³-hybridized carbons (Fsp3) is 0.875. The van der Waals surface area contributed by atoms with E-state index >= 15 is 0 Å². The van der Waals surface area contributed by atoms with E-state index in [1.165, 1.54) is 0 Å². The van der Waals surface area contributed by atoms with Gasteiger partial charge in [0, 0.05) is 25.4 Å². The molecule has 1 rings (SSSR count). The standard InChI is InChI=1S/C8H16N2O2S/c11-5-2-9-8(12)10-3-1-6-13-7-4-10/h11H,1-7H2,(H,9,12). The second-order valence-electron chi connectivity index (χ2n) is 2.91. The smallest absolute Gasteiger partial charge is 0.317 e. The summed E-state index contributed by atoms with van der Waals surface area (Å²) in [4.78, 5) is 13.2. The van der Waals surface area contributed by atoms with Crippen LogP contribution in [-0.2, 0) is 0 Å². The summed E-state index contributed by atoms with van der Waals surface area (Å²) in [7, 11) is 0. The summed E-state index contributed by atoms with van der Waals surface area (Å²) in [6.07, 6.45) is 1.07. The van der Waals surface area contributed by atoms with Gasteiger partial charge in [-0.2, -0.15) is 11.8 Å². The molecule has 1 heterocycles. The van der Waals surface area contributed by atoms with Crippen LogP contribution in [0.25, 0.3) is 0 Å². The Hall–Kier alpha value is -0.420. The zero-order valence-corrected chi connectivity index (χ0v) is 8.48. The number of carbonyl (C=O) groups excluding carboxylic acids is 1. The van der Waals surface area contributed by atoms with Crippen LogP contribution in [-0.4, -0.2) is 53.8 Å². The molecule has 0 atom stereocenters. The van der Waals surface area contributed by atoms with E-state index in [9.17, 15) is 4.79 Å². The summed E-state index contributed by atoms with van der Waals surface area (Å²) in [5, 5.41) is 11.2. The molecule has 0 spiro atoms. The van der Waals surface area contributed by atoms with Crippen molar-refractivity contribution in [3.63, 3.8) is 0 Å². The molecule has 2 amide bonds. The van der Waals surface area contributed by atoms with E-state index in [2.05, 4.69) is 5.32 Å². The molecule has 0 aromatic rings. The zero-order chi connectivity index (χ0) is 9.52. The van der Waals surface area contributed by atoms with E-state index in [0.29, 0.717) is 6.54 Å². The van der Waals surface area contributed by atoms with E-state index in [1.807, 2.05) is 16.7 Å². The molecule has 0 aromatic heterocycles. The number of carbonyl (C=O) groups is 1. The average Bonchev–Trinajstić information content (AvgIpc) is 2.42. The molecule has 1 saturated heterocycles. The monoisotopic (exact) mass is 204 g/mol. The summed E-state index contributed by atoms with van der Waals surface area (Å²) >= 11 is 1.89. The van der Waals surface area contributed by atoms with Crippen LogP contribution in [0.1, 0.15) is 6.42 Å². The van der Waals surface area contributed by atoms with E-state index < -0.39 is 0 Å². The highest BCUT2D eigenvalue weighted by molar-refractivity contribution is 7.99. The minimum absolute atomic E-state index is 0.00826. The second-order valence-corrected chi connectivity index (χ2v) is 4.13. The lowest BCUT2D eigenvalue weighted by Gasteiger charge is -2.19. The first-order valence-corrected chi connectivity index (χ1v) is 5.71. The SMILES string of the molecule is O=C(NCCO)N1CCCSCC1. The van der Waals surface area contributed by atoms with Gasteiger partial charge in [0.05, 0.1) is 6.61 Å². The molecule has 0 radical (unpaired) electrons. The normalized spacial score (nSPS) is 18.1. The summed E-state index contributed by atoms with van der Waals surface area (Å²) in [6.45, 7) is 2.02. The Morgan fingerprint density at radius 3 is 3.08 bits per heavy atom. The largest absolute Gasteiger partial charge is 0.395 e. The third-order valence-corrected chi connectivity index (χ3v) is 2.95. The van der Waals surface area contributed by atoms with Crippen molar-refractivity contribution < 1.29 is 9.90 Å². The molecule has 0 aromatic carbocycles. The molecule has 1 fully saturated rings. The van der Waals surface area contributed by atoms with Crippen molar-refractivity contribution in [2.24, 2.45) is 0 Å². The number of nitrogens with one attached hydrogen (secondary N) is 1. The Kier molecular flexibility index (Phi) is 5.00. The van der Waals surface area contributed by atoms with Gasteiger partial charge in [-0.15, -0.1) is 0 Å². The first-order chi connectivity index (χ1) is 6.34. The summed E-state index contributed by atoms with van der Waals surface area (Å²) in [5.74, 6) is 2.16. The van der Waals surface area contributed by atoms with E-state index in [4.69, 9.17) is 5.11 Å². The maximum absolute atomic E-state index is 11.4. The van der Waals surface area contributed by atoms with Crippen molar-refractivity contribution in [2.45, 2.75) is 6.42 Å². The van der Waals surface area contributed by atoms with Gasteiger partial charge < -0.3 is 15.3 Å². The minimum atomic E-state index is -0.0449. The molecule has 13 heavy (non-hydrogen) atoms. The van der Waals surface area contributed by atoms with Gasteiger partial charge in [-0.1, -0.05) is 0 Å². The highest BCUT2D eigenvalue weighted by Gasteiger charge is 2.14. The fourth-order valence-corrected chi connectivity index (χ4v) is 2.11. The van der Waals surface area contributed by atoms with Crippen LogP contribution in [0.4, 0.5) is 4.79 Å². The van der Waals surface area contributed by atoms with E-state index in [-0.39, 0.29) is 12.6 Å². The lowest BCUT2D eigenvalue weighted by atomic mass is 10.4. The zero-order valence-electron chi connectivity index (χ0n) is 7.66. The van der Waals surface area contributed by atoms with Gasteiger partial charge in [0.1, 0.15) is 0 Å². The van der Waals surface area contributed by atoms with Crippen molar-refractivity contribution in [3.05, 3.63) is 0 Å². The van der Waals surface area contributed by atoms with Gasteiger partial charge in [0.25, 0.3) is 0 Å². The summed E-state index contributed by atoms with van der Waals surface area (Å²) in [5.41, 5.74) is 0.